The van der Waals surface area contributed by atoms with Crippen molar-refractivity contribution >= 4 is 12.0 Å². The molecule has 1 aromatic rings. The second kappa shape index (κ2) is 6.92. The summed E-state index contributed by atoms with van der Waals surface area (Å²) in [6.07, 6.45) is 6.61. The van der Waals surface area contributed by atoms with Crippen LogP contribution in [0.2, 0.25) is 0 Å². The van der Waals surface area contributed by atoms with Crippen molar-refractivity contribution in [1.82, 2.24) is 5.32 Å². The van der Waals surface area contributed by atoms with E-state index in [1.54, 1.807) is 12.1 Å². The molecule has 0 radical (unpaired) electrons. The fourth-order valence-electron chi connectivity index (χ4n) is 2.47. The van der Waals surface area contributed by atoms with Gasteiger partial charge in [0.2, 0.25) is 0 Å². The Morgan fingerprint density at radius 2 is 2.35 bits per heavy atom. The van der Waals surface area contributed by atoms with Crippen LogP contribution in [0.4, 0.5) is 0 Å². The Hall–Kier alpha value is -2.06. The Morgan fingerprint density at radius 1 is 1.60 bits per heavy atom. The molecule has 1 heterocycles. The second-order valence-electron chi connectivity index (χ2n) is 5.01. The van der Waals surface area contributed by atoms with Crippen molar-refractivity contribution in [2.75, 3.05) is 6.54 Å². The Kier molecular flexibility index (Phi) is 4.97. The van der Waals surface area contributed by atoms with E-state index in [1.807, 2.05) is 6.07 Å². The summed E-state index contributed by atoms with van der Waals surface area (Å²) in [6.45, 7) is 0.181. The molecule has 2 rings (SSSR count). The van der Waals surface area contributed by atoms with Crippen LogP contribution in [0.15, 0.2) is 28.4 Å². The van der Waals surface area contributed by atoms with Gasteiger partial charge in [0.05, 0.1) is 12.4 Å². The van der Waals surface area contributed by atoms with Crippen molar-refractivity contribution < 1.29 is 14.3 Å². The highest BCUT2D eigenvalue weighted by atomic mass is 16.3. The van der Waals surface area contributed by atoms with Gasteiger partial charge in [-0.05, 0) is 30.9 Å². The van der Waals surface area contributed by atoms with E-state index in [0.29, 0.717) is 5.76 Å². The van der Waals surface area contributed by atoms with E-state index in [2.05, 4.69) is 5.32 Å². The summed E-state index contributed by atoms with van der Waals surface area (Å²) in [4.78, 5) is 11.9. The fourth-order valence-corrected chi connectivity index (χ4v) is 2.47. The quantitative estimate of drug-likeness (QED) is 0.633. The van der Waals surface area contributed by atoms with Gasteiger partial charge in [0.25, 0.3) is 5.91 Å². The Morgan fingerprint density at radius 3 is 2.95 bits per heavy atom. The van der Waals surface area contributed by atoms with Crippen LogP contribution in [-0.2, 0) is 4.79 Å². The summed E-state index contributed by atoms with van der Waals surface area (Å²) in [5.74, 6) is 0.226. The van der Waals surface area contributed by atoms with Crippen LogP contribution < -0.4 is 5.32 Å². The predicted molar refractivity (Wildman–Crippen MR) is 73.3 cm³/mol. The second-order valence-corrected chi connectivity index (χ2v) is 5.01. The van der Waals surface area contributed by atoms with Crippen molar-refractivity contribution in [2.24, 2.45) is 5.92 Å². The van der Waals surface area contributed by atoms with Gasteiger partial charge in [-0.15, -0.1) is 0 Å². The van der Waals surface area contributed by atoms with Gasteiger partial charge < -0.3 is 14.8 Å². The van der Waals surface area contributed by atoms with Crippen LogP contribution in [0, 0.1) is 17.2 Å². The maximum absolute atomic E-state index is 11.9. The van der Waals surface area contributed by atoms with E-state index in [0.717, 1.165) is 25.7 Å². The molecule has 0 bridgehead atoms. The smallest absolute Gasteiger partial charge is 0.262 e. The molecule has 1 fully saturated rings. The Labute approximate surface area is 117 Å². The van der Waals surface area contributed by atoms with Gasteiger partial charge in [-0.25, -0.2) is 0 Å². The number of carbonyl (C=O) groups is 1. The molecule has 106 valence electrons. The van der Waals surface area contributed by atoms with E-state index in [-0.39, 0.29) is 18.0 Å². The lowest BCUT2D eigenvalue weighted by Crippen LogP contribution is -2.36. The number of aliphatic hydroxyl groups excluding tert-OH is 1. The first-order valence-electron chi connectivity index (χ1n) is 6.82. The summed E-state index contributed by atoms with van der Waals surface area (Å²) in [7, 11) is 0. The zero-order valence-electron chi connectivity index (χ0n) is 11.2. The van der Waals surface area contributed by atoms with Gasteiger partial charge in [0, 0.05) is 12.6 Å². The number of nitrogens with one attached hydrogen (secondary N) is 1. The molecule has 1 aromatic heterocycles. The third-order valence-corrected chi connectivity index (χ3v) is 3.61. The number of nitriles is 1. The maximum atomic E-state index is 11.9. The van der Waals surface area contributed by atoms with Crippen molar-refractivity contribution in [3.8, 4) is 6.07 Å². The van der Waals surface area contributed by atoms with Crippen molar-refractivity contribution in [1.29, 1.82) is 5.26 Å². The van der Waals surface area contributed by atoms with Crippen molar-refractivity contribution in [3.63, 3.8) is 0 Å². The first-order chi connectivity index (χ1) is 9.70. The highest BCUT2D eigenvalue weighted by molar-refractivity contribution is 6.01. The number of aliphatic hydroxyl groups is 1. The number of amides is 1. The molecular weight excluding hydrogens is 256 g/mol. The van der Waals surface area contributed by atoms with Crippen molar-refractivity contribution in [3.05, 3.63) is 29.7 Å². The van der Waals surface area contributed by atoms with Crippen molar-refractivity contribution in [2.45, 2.75) is 31.8 Å². The number of nitrogens with zero attached hydrogens (tertiary/aromatic N) is 1. The van der Waals surface area contributed by atoms with Gasteiger partial charge in [-0.3, -0.25) is 4.79 Å². The zero-order chi connectivity index (χ0) is 14.4. The molecule has 0 aromatic carbocycles. The van der Waals surface area contributed by atoms with Crippen LogP contribution >= 0.6 is 0 Å². The molecule has 1 unspecified atom stereocenters. The van der Waals surface area contributed by atoms with Crippen LogP contribution in [0.1, 0.15) is 31.4 Å². The van der Waals surface area contributed by atoms with Crippen LogP contribution in [0.5, 0.6) is 0 Å². The molecular formula is C15H18N2O3. The van der Waals surface area contributed by atoms with E-state index < -0.39 is 12.0 Å². The number of rotatable bonds is 5. The van der Waals surface area contributed by atoms with E-state index in [4.69, 9.17) is 9.68 Å². The van der Waals surface area contributed by atoms with Crippen LogP contribution in [0.25, 0.3) is 6.08 Å². The normalized spacial score (nSPS) is 17.7. The highest BCUT2D eigenvalue weighted by Gasteiger charge is 2.23. The predicted octanol–water partition coefficient (Wildman–Crippen LogP) is 1.85. The van der Waals surface area contributed by atoms with Crippen LogP contribution in [0.3, 0.4) is 0 Å². The minimum Gasteiger partial charge on any atom is -0.465 e. The number of hydrogen-bond donors (Lipinski definition) is 2. The lowest BCUT2D eigenvalue weighted by molar-refractivity contribution is -0.117. The molecule has 1 amide bonds. The van der Waals surface area contributed by atoms with E-state index >= 15 is 0 Å². The van der Waals surface area contributed by atoms with E-state index in [1.165, 1.54) is 12.3 Å². The molecule has 1 saturated carbocycles. The average molecular weight is 274 g/mol. The molecule has 0 saturated heterocycles. The van der Waals surface area contributed by atoms with Crippen LogP contribution in [-0.4, -0.2) is 23.7 Å². The lowest BCUT2D eigenvalue weighted by atomic mass is 10.0. The first kappa shape index (κ1) is 14.4. The topological polar surface area (TPSA) is 86.3 Å². The van der Waals surface area contributed by atoms with Gasteiger partial charge in [0.1, 0.15) is 17.4 Å². The molecule has 20 heavy (non-hydrogen) atoms. The fraction of sp³-hybridized carbons (Fsp3) is 0.467. The molecule has 1 aliphatic rings. The Balaban J connectivity index is 1.88. The summed E-state index contributed by atoms with van der Waals surface area (Å²) < 4.78 is 5.07. The minimum absolute atomic E-state index is 0.0291. The third-order valence-electron chi connectivity index (χ3n) is 3.61. The van der Waals surface area contributed by atoms with Gasteiger partial charge in [-0.2, -0.15) is 5.26 Å². The molecule has 5 nitrogen and oxygen atoms in total. The molecule has 1 atom stereocenters. The lowest BCUT2D eigenvalue weighted by Gasteiger charge is -2.17. The first-order valence-corrected chi connectivity index (χ1v) is 6.82. The monoisotopic (exact) mass is 274 g/mol. The average Bonchev–Trinajstić information content (AvgIpc) is 3.14. The number of furan rings is 1. The highest BCUT2D eigenvalue weighted by Crippen LogP contribution is 2.27. The SMILES string of the molecule is N#C/C(=C\c1ccco1)C(=O)NCC(O)C1CCCC1. The molecule has 1 aliphatic carbocycles. The molecule has 5 heteroatoms. The molecule has 0 aliphatic heterocycles. The largest absolute Gasteiger partial charge is 0.465 e. The standard InChI is InChI=1S/C15H18N2O3/c16-9-12(8-13-6-3-7-20-13)15(19)17-10-14(18)11-4-1-2-5-11/h3,6-8,11,14,18H,1-2,4-5,10H2,(H,17,19)/b12-8+. The minimum atomic E-state index is -0.537. The maximum Gasteiger partial charge on any atom is 0.262 e. The number of carbonyl (C=O) groups excluding carboxylic acids is 1. The van der Waals surface area contributed by atoms with Gasteiger partial charge in [0.15, 0.2) is 0 Å². The molecule has 0 spiro atoms. The Bertz CT molecular complexity index is 508. The van der Waals surface area contributed by atoms with Gasteiger partial charge >= 0.3 is 0 Å². The summed E-state index contributed by atoms with van der Waals surface area (Å²) in [5, 5.41) is 21.6. The summed E-state index contributed by atoms with van der Waals surface area (Å²) in [5.41, 5.74) is -0.0291. The molecule has 2 N–H and O–H groups in total. The van der Waals surface area contributed by atoms with Gasteiger partial charge in [-0.1, -0.05) is 12.8 Å². The summed E-state index contributed by atoms with van der Waals surface area (Å²) in [6, 6.07) is 5.19. The number of hydrogen-bond acceptors (Lipinski definition) is 4. The zero-order valence-corrected chi connectivity index (χ0v) is 11.2. The van der Waals surface area contributed by atoms with E-state index in [9.17, 15) is 9.90 Å². The summed E-state index contributed by atoms with van der Waals surface area (Å²) >= 11 is 0. The third kappa shape index (κ3) is 3.72.